The molecule has 0 heterocycles. The van der Waals surface area contributed by atoms with E-state index >= 15 is 0 Å². The third kappa shape index (κ3) is 3.98. The number of hydrogen-bond donors (Lipinski definition) is 3. The molecule has 110 valence electrons. The quantitative estimate of drug-likeness (QED) is 0.774. The highest BCUT2D eigenvalue weighted by Crippen LogP contribution is 2.17. The van der Waals surface area contributed by atoms with E-state index in [1.54, 1.807) is 0 Å². The second kappa shape index (κ2) is 6.41. The average molecular weight is 278 g/mol. The van der Waals surface area contributed by atoms with Crippen molar-refractivity contribution in [1.29, 1.82) is 0 Å². The smallest absolute Gasteiger partial charge is 0.329 e. The zero-order valence-corrected chi connectivity index (χ0v) is 12.4. The van der Waals surface area contributed by atoms with Gasteiger partial charge in [-0.05, 0) is 44.4 Å². The van der Waals surface area contributed by atoms with Gasteiger partial charge in [-0.3, -0.25) is 0 Å². The highest BCUT2D eigenvalue weighted by Gasteiger charge is 2.33. The first-order valence-corrected chi connectivity index (χ1v) is 6.68. The van der Waals surface area contributed by atoms with Crippen molar-refractivity contribution in [2.75, 3.05) is 5.32 Å². The molecule has 0 fully saturated rings. The van der Waals surface area contributed by atoms with Crippen molar-refractivity contribution in [1.82, 2.24) is 5.32 Å². The molecule has 0 aromatic heterocycles. The zero-order valence-electron chi connectivity index (χ0n) is 12.4. The largest absolute Gasteiger partial charge is 0.480 e. The van der Waals surface area contributed by atoms with E-state index in [1.807, 2.05) is 39.0 Å². The molecule has 1 aromatic rings. The number of aryl methyl sites for hydroxylation is 2. The molecule has 1 aromatic carbocycles. The summed E-state index contributed by atoms with van der Waals surface area (Å²) in [6, 6.07) is 5.22. The van der Waals surface area contributed by atoms with E-state index in [0.29, 0.717) is 18.5 Å². The maximum Gasteiger partial charge on any atom is 0.329 e. The van der Waals surface area contributed by atoms with Gasteiger partial charge in [0.2, 0.25) is 0 Å². The molecule has 1 unspecified atom stereocenters. The van der Waals surface area contributed by atoms with Gasteiger partial charge in [-0.2, -0.15) is 0 Å². The number of aliphatic carboxylic acids is 1. The maximum atomic E-state index is 12.0. The van der Waals surface area contributed by atoms with E-state index in [1.165, 1.54) is 6.92 Å². The van der Waals surface area contributed by atoms with Gasteiger partial charge in [0.15, 0.2) is 0 Å². The Balaban J connectivity index is 2.81. The number of hydrogen-bond acceptors (Lipinski definition) is 2. The third-order valence-corrected chi connectivity index (χ3v) is 3.25. The van der Waals surface area contributed by atoms with E-state index in [-0.39, 0.29) is 0 Å². The summed E-state index contributed by atoms with van der Waals surface area (Å²) in [4.78, 5) is 23.3. The predicted octanol–water partition coefficient (Wildman–Crippen LogP) is 3.07. The Hall–Kier alpha value is -2.04. The molecule has 0 saturated carbocycles. The van der Waals surface area contributed by atoms with Crippen LogP contribution in [0.5, 0.6) is 0 Å². The summed E-state index contributed by atoms with van der Waals surface area (Å²) in [6.45, 7) is 7.21. The standard InChI is InChI=1S/C15H22N2O3/c1-5-8-15(4,13(18)19)17-14(20)16-12-9-10(2)6-7-11(12)3/h6-7,9H,5,8H2,1-4H3,(H,18,19)(H2,16,17,20). The number of carbonyl (C=O) groups excluding carboxylic acids is 1. The number of urea groups is 1. The van der Waals surface area contributed by atoms with Crippen LogP contribution in [-0.4, -0.2) is 22.6 Å². The van der Waals surface area contributed by atoms with Gasteiger partial charge in [0.25, 0.3) is 0 Å². The fraction of sp³-hybridized carbons (Fsp3) is 0.467. The van der Waals surface area contributed by atoms with E-state index in [4.69, 9.17) is 0 Å². The molecule has 0 spiro atoms. The maximum absolute atomic E-state index is 12.0. The number of amides is 2. The first-order valence-electron chi connectivity index (χ1n) is 6.68. The fourth-order valence-corrected chi connectivity index (χ4v) is 2.00. The van der Waals surface area contributed by atoms with Gasteiger partial charge in [-0.15, -0.1) is 0 Å². The number of carbonyl (C=O) groups is 2. The van der Waals surface area contributed by atoms with E-state index in [9.17, 15) is 14.7 Å². The van der Waals surface area contributed by atoms with Gasteiger partial charge < -0.3 is 15.7 Å². The number of carboxylic acids is 1. The first kappa shape index (κ1) is 16.0. The molecule has 5 heteroatoms. The molecule has 3 N–H and O–H groups in total. The average Bonchev–Trinajstić information content (AvgIpc) is 2.33. The fourth-order valence-electron chi connectivity index (χ4n) is 2.00. The lowest BCUT2D eigenvalue weighted by Gasteiger charge is -2.26. The molecule has 20 heavy (non-hydrogen) atoms. The summed E-state index contributed by atoms with van der Waals surface area (Å²) in [6.07, 6.45) is 1.05. The van der Waals surface area contributed by atoms with Crippen LogP contribution in [0.15, 0.2) is 18.2 Å². The monoisotopic (exact) mass is 278 g/mol. The molecular formula is C15H22N2O3. The van der Waals surface area contributed by atoms with Crippen molar-refractivity contribution in [3.63, 3.8) is 0 Å². The van der Waals surface area contributed by atoms with E-state index in [0.717, 1.165) is 11.1 Å². The van der Waals surface area contributed by atoms with E-state index in [2.05, 4.69) is 10.6 Å². The van der Waals surface area contributed by atoms with Gasteiger partial charge in [-0.25, -0.2) is 9.59 Å². The molecule has 0 aliphatic rings. The van der Waals surface area contributed by atoms with Gasteiger partial charge in [0, 0.05) is 5.69 Å². The molecule has 2 amide bonds. The van der Waals surface area contributed by atoms with Crippen LogP contribution in [0.3, 0.4) is 0 Å². The van der Waals surface area contributed by atoms with Gasteiger partial charge in [0.1, 0.15) is 5.54 Å². The molecule has 1 rings (SSSR count). The number of rotatable bonds is 5. The first-order chi connectivity index (χ1) is 9.28. The number of benzene rings is 1. The predicted molar refractivity (Wildman–Crippen MR) is 79.0 cm³/mol. The number of carboxylic acid groups (broad SMARTS) is 1. The van der Waals surface area contributed by atoms with Crippen LogP contribution in [0.2, 0.25) is 0 Å². The summed E-state index contributed by atoms with van der Waals surface area (Å²) in [5, 5.41) is 14.5. The molecule has 0 saturated heterocycles. The summed E-state index contributed by atoms with van der Waals surface area (Å²) in [7, 11) is 0. The van der Waals surface area contributed by atoms with Gasteiger partial charge in [-0.1, -0.05) is 25.5 Å². The minimum Gasteiger partial charge on any atom is -0.480 e. The summed E-state index contributed by atoms with van der Waals surface area (Å²) < 4.78 is 0. The lowest BCUT2D eigenvalue weighted by atomic mass is 9.96. The second-order valence-electron chi connectivity index (χ2n) is 5.28. The summed E-state index contributed by atoms with van der Waals surface area (Å²) in [5.74, 6) is -1.03. The molecular weight excluding hydrogens is 256 g/mol. The topological polar surface area (TPSA) is 78.4 Å². The Bertz CT molecular complexity index is 514. The minimum absolute atomic E-state index is 0.378. The zero-order chi connectivity index (χ0) is 15.3. The highest BCUT2D eigenvalue weighted by molar-refractivity contribution is 5.94. The van der Waals surface area contributed by atoms with Crippen molar-refractivity contribution in [2.24, 2.45) is 0 Å². The van der Waals surface area contributed by atoms with Crippen molar-refractivity contribution in [3.8, 4) is 0 Å². The molecule has 0 aliphatic heterocycles. The van der Waals surface area contributed by atoms with E-state index < -0.39 is 17.5 Å². The van der Waals surface area contributed by atoms with Crippen LogP contribution in [-0.2, 0) is 4.79 Å². The number of nitrogens with one attached hydrogen (secondary N) is 2. The lowest BCUT2D eigenvalue weighted by molar-refractivity contribution is -0.143. The van der Waals surface area contributed by atoms with Crippen molar-refractivity contribution >= 4 is 17.7 Å². The molecule has 1 atom stereocenters. The van der Waals surface area contributed by atoms with Crippen LogP contribution >= 0.6 is 0 Å². The van der Waals surface area contributed by atoms with Crippen LogP contribution in [0, 0.1) is 13.8 Å². The molecule has 0 bridgehead atoms. The molecule has 0 aliphatic carbocycles. The Morgan fingerprint density at radius 1 is 1.30 bits per heavy atom. The van der Waals surface area contributed by atoms with Crippen LogP contribution in [0.25, 0.3) is 0 Å². The van der Waals surface area contributed by atoms with Crippen molar-refractivity contribution < 1.29 is 14.7 Å². The van der Waals surface area contributed by atoms with Gasteiger partial charge >= 0.3 is 12.0 Å². The van der Waals surface area contributed by atoms with Crippen molar-refractivity contribution in [2.45, 2.75) is 46.1 Å². The Kier molecular flexibility index (Phi) is 5.13. The summed E-state index contributed by atoms with van der Waals surface area (Å²) in [5.41, 5.74) is 1.39. The molecule has 0 radical (unpaired) electrons. The third-order valence-electron chi connectivity index (χ3n) is 3.25. The number of anilines is 1. The summed E-state index contributed by atoms with van der Waals surface area (Å²) >= 11 is 0. The van der Waals surface area contributed by atoms with Gasteiger partial charge in [0.05, 0.1) is 0 Å². The van der Waals surface area contributed by atoms with Crippen LogP contribution in [0.1, 0.15) is 37.8 Å². The minimum atomic E-state index is -1.25. The second-order valence-corrected chi connectivity index (χ2v) is 5.28. The lowest BCUT2D eigenvalue weighted by Crippen LogP contribution is -2.53. The van der Waals surface area contributed by atoms with Crippen LogP contribution in [0.4, 0.5) is 10.5 Å². The normalized spacial score (nSPS) is 13.4. The van der Waals surface area contributed by atoms with Crippen LogP contribution < -0.4 is 10.6 Å². The molecule has 5 nitrogen and oxygen atoms in total. The Morgan fingerprint density at radius 2 is 1.95 bits per heavy atom. The Morgan fingerprint density at radius 3 is 2.50 bits per heavy atom. The Labute approximate surface area is 119 Å². The van der Waals surface area contributed by atoms with Crippen molar-refractivity contribution in [3.05, 3.63) is 29.3 Å². The SMILES string of the molecule is CCCC(C)(NC(=O)Nc1cc(C)ccc1C)C(=O)O. The highest BCUT2D eigenvalue weighted by atomic mass is 16.4.